The third kappa shape index (κ3) is 3.20. The largest absolute Gasteiger partial charge is 0.504 e. The van der Waals surface area contributed by atoms with Crippen LogP contribution in [0.25, 0.3) is 5.57 Å². The summed E-state index contributed by atoms with van der Waals surface area (Å²) in [5.74, 6) is 1.47. The lowest BCUT2D eigenvalue weighted by Crippen LogP contribution is -1.90. The molecule has 2 rings (SSSR count). The zero-order chi connectivity index (χ0) is 13.0. The number of allylic oxidation sites excluding steroid dienone is 2. The van der Waals surface area contributed by atoms with E-state index < -0.39 is 0 Å². The van der Waals surface area contributed by atoms with Gasteiger partial charge in [0.15, 0.2) is 11.5 Å². The molecule has 1 aromatic carbocycles. The third-order valence-corrected chi connectivity index (χ3v) is 3.53. The number of alkyl halides is 1. The summed E-state index contributed by atoms with van der Waals surface area (Å²) in [7, 11) is 1.58. The number of benzene rings is 1. The minimum absolute atomic E-state index is 0.196. The Morgan fingerprint density at radius 3 is 2.72 bits per heavy atom. The predicted octanol–water partition coefficient (Wildman–Crippen LogP) is 4.36. The SMILES string of the molecule is COc1cc(C(CCCCCl)=C2CC2)ccc1O. The molecule has 0 heterocycles. The molecule has 0 amide bonds. The van der Waals surface area contributed by atoms with Crippen LogP contribution in [-0.4, -0.2) is 18.1 Å². The van der Waals surface area contributed by atoms with Gasteiger partial charge in [0.2, 0.25) is 0 Å². The molecular weight excluding hydrogens is 248 g/mol. The Hall–Kier alpha value is -1.15. The number of ether oxygens (including phenoxy) is 1. The van der Waals surface area contributed by atoms with Gasteiger partial charge in [0.05, 0.1) is 7.11 Å². The van der Waals surface area contributed by atoms with Crippen LogP contribution in [0.5, 0.6) is 11.5 Å². The van der Waals surface area contributed by atoms with Crippen molar-refractivity contribution in [3.8, 4) is 11.5 Å². The van der Waals surface area contributed by atoms with E-state index in [1.165, 1.54) is 29.6 Å². The lowest BCUT2D eigenvalue weighted by atomic mass is 9.99. The Kier molecular flexibility index (Phi) is 4.54. The first-order chi connectivity index (χ1) is 8.76. The second-order valence-corrected chi connectivity index (χ2v) is 4.99. The fourth-order valence-electron chi connectivity index (χ4n) is 2.15. The minimum atomic E-state index is 0.196. The number of aromatic hydroxyl groups is 1. The van der Waals surface area contributed by atoms with Gasteiger partial charge in [0.25, 0.3) is 0 Å². The molecule has 0 aliphatic heterocycles. The van der Waals surface area contributed by atoms with Gasteiger partial charge in [-0.15, -0.1) is 11.6 Å². The average molecular weight is 267 g/mol. The smallest absolute Gasteiger partial charge is 0.161 e. The zero-order valence-corrected chi connectivity index (χ0v) is 11.5. The number of halogens is 1. The van der Waals surface area contributed by atoms with E-state index in [-0.39, 0.29) is 5.75 Å². The lowest BCUT2D eigenvalue weighted by molar-refractivity contribution is 0.373. The third-order valence-electron chi connectivity index (χ3n) is 3.27. The monoisotopic (exact) mass is 266 g/mol. The summed E-state index contributed by atoms with van der Waals surface area (Å²) >= 11 is 5.73. The van der Waals surface area contributed by atoms with Crippen LogP contribution in [0.3, 0.4) is 0 Å². The maximum absolute atomic E-state index is 9.63. The molecule has 1 aliphatic rings. The first kappa shape index (κ1) is 13.3. The van der Waals surface area contributed by atoms with Gasteiger partial charge in [-0.3, -0.25) is 0 Å². The molecule has 0 spiro atoms. The summed E-state index contributed by atoms with van der Waals surface area (Å²) in [6.45, 7) is 0. The van der Waals surface area contributed by atoms with Gasteiger partial charge in [-0.2, -0.15) is 0 Å². The first-order valence-electron chi connectivity index (χ1n) is 6.40. The van der Waals surface area contributed by atoms with Gasteiger partial charge in [-0.1, -0.05) is 11.6 Å². The molecule has 0 saturated heterocycles. The quantitative estimate of drug-likeness (QED) is 0.612. The molecule has 0 aromatic heterocycles. The normalized spacial score (nSPS) is 13.6. The van der Waals surface area contributed by atoms with Crippen LogP contribution in [0.15, 0.2) is 23.8 Å². The van der Waals surface area contributed by atoms with Crippen molar-refractivity contribution in [3.63, 3.8) is 0 Å². The van der Waals surface area contributed by atoms with Crippen LogP contribution in [0.2, 0.25) is 0 Å². The summed E-state index contributed by atoms with van der Waals surface area (Å²) in [5, 5.41) is 9.63. The van der Waals surface area contributed by atoms with Crippen molar-refractivity contribution in [2.75, 3.05) is 13.0 Å². The van der Waals surface area contributed by atoms with E-state index >= 15 is 0 Å². The molecule has 1 saturated carbocycles. The molecule has 0 unspecified atom stereocenters. The molecule has 2 nitrogen and oxygen atoms in total. The van der Waals surface area contributed by atoms with Crippen molar-refractivity contribution >= 4 is 17.2 Å². The van der Waals surface area contributed by atoms with Crippen LogP contribution >= 0.6 is 11.6 Å². The van der Waals surface area contributed by atoms with Gasteiger partial charge < -0.3 is 9.84 Å². The zero-order valence-electron chi connectivity index (χ0n) is 10.7. The van der Waals surface area contributed by atoms with E-state index in [2.05, 4.69) is 0 Å². The highest BCUT2D eigenvalue weighted by Crippen LogP contribution is 2.40. The fraction of sp³-hybridized carbons (Fsp3) is 0.467. The van der Waals surface area contributed by atoms with Gasteiger partial charge in [-0.05, 0) is 55.4 Å². The number of unbranched alkanes of at least 4 members (excludes halogenated alkanes) is 1. The highest BCUT2D eigenvalue weighted by molar-refractivity contribution is 6.17. The molecule has 1 fully saturated rings. The van der Waals surface area contributed by atoms with Crippen molar-refractivity contribution in [1.82, 2.24) is 0 Å². The number of rotatable bonds is 6. The van der Waals surface area contributed by atoms with Crippen LogP contribution in [0.1, 0.15) is 37.7 Å². The second-order valence-electron chi connectivity index (χ2n) is 4.61. The fourth-order valence-corrected chi connectivity index (χ4v) is 2.34. The summed E-state index contributed by atoms with van der Waals surface area (Å²) in [4.78, 5) is 0. The summed E-state index contributed by atoms with van der Waals surface area (Å²) < 4.78 is 5.17. The van der Waals surface area contributed by atoms with Crippen LogP contribution in [-0.2, 0) is 0 Å². The molecule has 0 bridgehead atoms. The molecule has 98 valence electrons. The Morgan fingerprint density at radius 2 is 2.11 bits per heavy atom. The number of methoxy groups -OCH3 is 1. The molecule has 1 aliphatic carbocycles. The van der Waals surface area contributed by atoms with E-state index in [9.17, 15) is 5.11 Å². The van der Waals surface area contributed by atoms with E-state index in [0.29, 0.717) is 5.75 Å². The van der Waals surface area contributed by atoms with Crippen molar-refractivity contribution < 1.29 is 9.84 Å². The van der Waals surface area contributed by atoms with Crippen molar-refractivity contribution in [1.29, 1.82) is 0 Å². The summed E-state index contributed by atoms with van der Waals surface area (Å²) in [5.41, 5.74) is 4.13. The van der Waals surface area contributed by atoms with Gasteiger partial charge >= 0.3 is 0 Å². The van der Waals surface area contributed by atoms with E-state index in [1.54, 1.807) is 13.2 Å². The summed E-state index contributed by atoms with van der Waals surface area (Å²) in [6.07, 6.45) is 5.65. The molecule has 1 N–H and O–H groups in total. The van der Waals surface area contributed by atoms with E-state index in [4.69, 9.17) is 16.3 Å². The molecule has 18 heavy (non-hydrogen) atoms. The number of hydrogen-bond acceptors (Lipinski definition) is 2. The van der Waals surface area contributed by atoms with Crippen molar-refractivity contribution in [2.45, 2.75) is 32.1 Å². The van der Waals surface area contributed by atoms with Gasteiger partial charge in [-0.25, -0.2) is 0 Å². The molecule has 0 radical (unpaired) electrons. The topological polar surface area (TPSA) is 29.5 Å². The highest BCUT2D eigenvalue weighted by Gasteiger charge is 2.19. The molecule has 3 heteroatoms. The Bertz CT molecular complexity index is 446. The Labute approximate surface area is 113 Å². The van der Waals surface area contributed by atoms with E-state index in [0.717, 1.165) is 25.1 Å². The van der Waals surface area contributed by atoms with Gasteiger partial charge in [0, 0.05) is 5.88 Å². The van der Waals surface area contributed by atoms with Crippen LogP contribution in [0, 0.1) is 0 Å². The first-order valence-corrected chi connectivity index (χ1v) is 6.94. The second kappa shape index (κ2) is 6.14. The van der Waals surface area contributed by atoms with Crippen molar-refractivity contribution in [2.24, 2.45) is 0 Å². The Balaban J connectivity index is 2.19. The van der Waals surface area contributed by atoms with Gasteiger partial charge in [0.1, 0.15) is 0 Å². The maximum Gasteiger partial charge on any atom is 0.161 e. The number of phenolic OH excluding ortho intramolecular Hbond substituents is 1. The molecule has 1 aromatic rings. The maximum atomic E-state index is 9.63. The van der Waals surface area contributed by atoms with Crippen LogP contribution < -0.4 is 4.74 Å². The standard InChI is InChI=1S/C15H19ClO2/c1-18-15-10-12(7-8-14(15)17)13(11-5-6-11)4-2-3-9-16/h7-8,10,17H,2-6,9H2,1H3. The highest BCUT2D eigenvalue weighted by atomic mass is 35.5. The van der Waals surface area contributed by atoms with Crippen LogP contribution in [0.4, 0.5) is 0 Å². The minimum Gasteiger partial charge on any atom is -0.504 e. The molecule has 0 atom stereocenters. The molecular formula is C15H19ClO2. The predicted molar refractivity (Wildman–Crippen MR) is 75.4 cm³/mol. The number of phenols is 1. The summed E-state index contributed by atoms with van der Waals surface area (Å²) in [6, 6.07) is 5.61. The number of hydrogen-bond donors (Lipinski definition) is 1. The van der Waals surface area contributed by atoms with Crippen molar-refractivity contribution in [3.05, 3.63) is 29.3 Å². The van der Waals surface area contributed by atoms with E-state index in [1.807, 2.05) is 12.1 Å². The lowest BCUT2D eigenvalue weighted by Gasteiger charge is -2.10. The average Bonchev–Trinajstić information content (AvgIpc) is 3.20. The Morgan fingerprint density at radius 1 is 1.33 bits per heavy atom.